The Hall–Kier alpha value is -0.770. The van der Waals surface area contributed by atoms with Crippen LogP contribution in [0.2, 0.25) is 0 Å². The number of carbonyl (C=O) groups excluding carboxylic acids is 1. The van der Waals surface area contributed by atoms with Crippen LogP contribution in [0.15, 0.2) is 0 Å². The van der Waals surface area contributed by atoms with E-state index < -0.39 is 6.10 Å². The number of rotatable bonds is 0. The van der Waals surface area contributed by atoms with E-state index in [-0.39, 0.29) is 17.7 Å². The molecule has 3 atom stereocenters. The standard InChI is InChI=1S/C9H13NO3/c11-7-6-2-4-9(7)3-1-5-10(9)8(12)13-6/h6-7,11H,1-5H2/t6-,7+,9+/m1/s1. The maximum absolute atomic E-state index is 11.5. The number of hydrogen-bond donors (Lipinski definition) is 1. The molecular formula is C9H13NO3. The fourth-order valence-electron chi connectivity index (χ4n) is 3.10. The molecule has 2 saturated heterocycles. The van der Waals surface area contributed by atoms with Crippen LogP contribution in [0, 0.1) is 0 Å². The van der Waals surface area contributed by atoms with Crippen LogP contribution in [-0.4, -0.2) is 40.4 Å². The molecule has 1 spiro atoms. The largest absolute Gasteiger partial charge is 0.443 e. The molecule has 0 aromatic heterocycles. The number of amides is 1. The molecule has 1 amide bonds. The number of ether oxygens (including phenoxy) is 1. The molecule has 1 saturated carbocycles. The van der Waals surface area contributed by atoms with Gasteiger partial charge in [-0.05, 0) is 25.7 Å². The van der Waals surface area contributed by atoms with Crippen LogP contribution < -0.4 is 0 Å². The Morgan fingerprint density at radius 3 is 3.23 bits per heavy atom. The van der Waals surface area contributed by atoms with Gasteiger partial charge < -0.3 is 9.84 Å². The van der Waals surface area contributed by atoms with Crippen molar-refractivity contribution < 1.29 is 14.6 Å². The smallest absolute Gasteiger partial charge is 0.410 e. The second-order valence-electron chi connectivity index (χ2n) is 4.26. The van der Waals surface area contributed by atoms with Gasteiger partial charge in [0.1, 0.15) is 12.2 Å². The van der Waals surface area contributed by atoms with E-state index in [0.29, 0.717) is 0 Å². The Bertz CT molecular complexity index is 268. The lowest BCUT2D eigenvalue weighted by atomic mass is 9.91. The van der Waals surface area contributed by atoms with Crippen molar-refractivity contribution in [3.63, 3.8) is 0 Å². The molecule has 13 heavy (non-hydrogen) atoms. The van der Waals surface area contributed by atoms with Crippen LogP contribution in [-0.2, 0) is 4.74 Å². The molecular weight excluding hydrogens is 170 g/mol. The van der Waals surface area contributed by atoms with Crippen LogP contribution in [0.3, 0.4) is 0 Å². The zero-order valence-electron chi connectivity index (χ0n) is 7.40. The van der Waals surface area contributed by atoms with Crippen molar-refractivity contribution in [1.29, 1.82) is 0 Å². The van der Waals surface area contributed by atoms with E-state index >= 15 is 0 Å². The molecule has 2 aliphatic heterocycles. The Labute approximate surface area is 76.5 Å². The fraction of sp³-hybridized carbons (Fsp3) is 0.889. The second-order valence-corrected chi connectivity index (χ2v) is 4.26. The first-order chi connectivity index (χ1) is 6.24. The van der Waals surface area contributed by atoms with Gasteiger partial charge in [-0.25, -0.2) is 4.79 Å². The summed E-state index contributed by atoms with van der Waals surface area (Å²) in [5, 5.41) is 9.97. The Morgan fingerprint density at radius 2 is 2.38 bits per heavy atom. The molecule has 3 fully saturated rings. The van der Waals surface area contributed by atoms with Gasteiger partial charge in [-0.2, -0.15) is 0 Å². The summed E-state index contributed by atoms with van der Waals surface area (Å²) >= 11 is 0. The molecule has 0 aromatic carbocycles. The van der Waals surface area contributed by atoms with Crippen LogP contribution >= 0.6 is 0 Å². The number of nitrogens with zero attached hydrogens (tertiary/aromatic N) is 1. The SMILES string of the molecule is O=C1O[C@@H]2CC[C@@]3(CCCN13)[C@H]2O. The molecule has 3 rings (SSSR count). The van der Waals surface area contributed by atoms with E-state index in [1.54, 1.807) is 4.90 Å². The summed E-state index contributed by atoms with van der Waals surface area (Å²) in [5.41, 5.74) is -0.250. The van der Waals surface area contributed by atoms with Crippen molar-refractivity contribution in [3.8, 4) is 0 Å². The summed E-state index contributed by atoms with van der Waals surface area (Å²) in [6, 6.07) is 0. The third-order valence-electron chi connectivity index (χ3n) is 3.77. The van der Waals surface area contributed by atoms with E-state index in [0.717, 1.165) is 32.2 Å². The Morgan fingerprint density at radius 1 is 1.54 bits per heavy atom. The zero-order chi connectivity index (χ0) is 9.05. The van der Waals surface area contributed by atoms with Gasteiger partial charge in [0.05, 0.1) is 5.54 Å². The van der Waals surface area contributed by atoms with Crippen LogP contribution in [0.4, 0.5) is 4.79 Å². The zero-order valence-corrected chi connectivity index (χ0v) is 7.40. The number of aliphatic hydroxyl groups excluding tert-OH is 1. The summed E-state index contributed by atoms with van der Waals surface area (Å²) < 4.78 is 5.14. The summed E-state index contributed by atoms with van der Waals surface area (Å²) in [6.45, 7) is 0.753. The van der Waals surface area contributed by atoms with Gasteiger partial charge >= 0.3 is 6.09 Å². The van der Waals surface area contributed by atoms with E-state index in [4.69, 9.17) is 4.74 Å². The van der Waals surface area contributed by atoms with Gasteiger partial charge in [0, 0.05) is 6.54 Å². The molecule has 2 bridgehead atoms. The molecule has 3 aliphatic rings. The first kappa shape index (κ1) is 7.62. The van der Waals surface area contributed by atoms with Crippen molar-refractivity contribution in [2.24, 2.45) is 0 Å². The molecule has 2 heterocycles. The molecule has 0 radical (unpaired) electrons. The maximum Gasteiger partial charge on any atom is 0.410 e. The maximum atomic E-state index is 11.5. The predicted molar refractivity (Wildman–Crippen MR) is 44.2 cm³/mol. The normalized spacial score (nSPS) is 47.8. The first-order valence-electron chi connectivity index (χ1n) is 4.90. The Balaban J connectivity index is 2.05. The molecule has 1 N–H and O–H groups in total. The van der Waals surface area contributed by atoms with Crippen molar-refractivity contribution in [3.05, 3.63) is 0 Å². The highest BCUT2D eigenvalue weighted by atomic mass is 16.6. The number of aliphatic hydroxyl groups is 1. The minimum Gasteiger partial charge on any atom is -0.443 e. The first-order valence-corrected chi connectivity index (χ1v) is 4.90. The molecule has 1 aliphatic carbocycles. The average molecular weight is 183 g/mol. The number of hydrogen-bond acceptors (Lipinski definition) is 3. The number of fused-ring (bicyclic) bond motifs is 1. The predicted octanol–water partition coefficient (Wildman–Crippen LogP) is 0.494. The van der Waals surface area contributed by atoms with Crippen LogP contribution in [0.5, 0.6) is 0 Å². The lowest BCUT2D eigenvalue weighted by Gasteiger charge is -2.41. The van der Waals surface area contributed by atoms with Gasteiger partial charge in [0.15, 0.2) is 0 Å². The van der Waals surface area contributed by atoms with Crippen LogP contribution in [0.1, 0.15) is 25.7 Å². The van der Waals surface area contributed by atoms with Crippen molar-refractivity contribution in [2.75, 3.05) is 6.54 Å². The van der Waals surface area contributed by atoms with Crippen LogP contribution in [0.25, 0.3) is 0 Å². The van der Waals surface area contributed by atoms with Gasteiger partial charge in [-0.3, -0.25) is 4.90 Å². The summed E-state index contributed by atoms with van der Waals surface area (Å²) in [4.78, 5) is 13.2. The second kappa shape index (κ2) is 2.18. The topological polar surface area (TPSA) is 49.8 Å². The van der Waals surface area contributed by atoms with E-state index in [2.05, 4.69) is 0 Å². The third-order valence-corrected chi connectivity index (χ3v) is 3.77. The summed E-state index contributed by atoms with van der Waals surface area (Å²) in [6.07, 6.45) is 2.77. The van der Waals surface area contributed by atoms with Gasteiger partial charge in [-0.1, -0.05) is 0 Å². The van der Waals surface area contributed by atoms with Crippen molar-refractivity contribution in [2.45, 2.75) is 43.4 Å². The van der Waals surface area contributed by atoms with E-state index in [1.807, 2.05) is 0 Å². The summed E-state index contributed by atoms with van der Waals surface area (Å²) in [5.74, 6) is 0. The van der Waals surface area contributed by atoms with Crippen molar-refractivity contribution in [1.82, 2.24) is 4.90 Å². The molecule has 0 unspecified atom stereocenters. The molecule has 4 nitrogen and oxygen atoms in total. The lowest BCUT2D eigenvalue weighted by Crippen LogP contribution is -2.59. The highest BCUT2D eigenvalue weighted by molar-refractivity contribution is 5.71. The average Bonchev–Trinajstić information content (AvgIpc) is 2.63. The summed E-state index contributed by atoms with van der Waals surface area (Å²) in [7, 11) is 0. The van der Waals surface area contributed by atoms with E-state index in [9.17, 15) is 9.90 Å². The minimum atomic E-state index is -0.451. The quantitative estimate of drug-likeness (QED) is 0.594. The molecule has 0 aromatic rings. The molecule has 72 valence electrons. The number of carbonyl (C=O) groups is 1. The highest BCUT2D eigenvalue weighted by Gasteiger charge is 2.60. The lowest BCUT2D eigenvalue weighted by molar-refractivity contribution is -0.0848. The van der Waals surface area contributed by atoms with Gasteiger partial charge in [-0.15, -0.1) is 0 Å². The fourth-order valence-corrected chi connectivity index (χ4v) is 3.10. The third kappa shape index (κ3) is 0.729. The Kier molecular flexibility index (Phi) is 1.28. The van der Waals surface area contributed by atoms with Gasteiger partial charge in [0.2, 0.25) is 0 Å². The minimum absolute atomic E-state index is 0.217. The van der Waals surface area contributed by atoms with Gasteiger partial charge in [0.25, 0.3) is 0 Å². The highest BCUT2D eigenvalue weighted by Crippen LogP contribution is 2.47. The van der Waals surface area contributed by atoms with E-state index in [1.165, 1.54) is 0 Å². The monoisotopic (exact) mass is 183 g/mol. The molecule has 4 heteroatoms. The van der Waals surface area contributed by atoms with Crippen molar-refractivity contribution >= 4 is 6.09 Å².